The molecule has 12 aromatic rings. The van der Waals surface area contributed by atoms with Crippen molar-refractivity contribution in [2.75, 3.05) is 0 Å². The van der Waals surface area contributed by atoms with Crippen LogP contribution in [0.5, 0.6) is 0 Å². The minimum absolute atomic E-state index is 0.812. The van der Waals surface area contributed by atoms with Crippen LogP contribution < -0.4 is 10.6 Å². The number of aromatic nitrogens is 2. The van der Waals surface area contributed by atoms with Crippen molar-refractivity contribution in [2.24, 2.45) is 0 Å². The number of furan rings is 2. The van der Waals surface area contributed by atoms with Gasteiger partial charge in [-0.3, -0.25) is 0 Å². The van der Waals surface area contributed by atoms with Crippen molar-refractivity contribution in [2.45, 2.75) is 6.92 Å². The molecule has 248 valence electrons. The van der Waals surface area contributed by atoms with Gasteiger partial charge in [0.15, 0.2) is 11.2 Å². The summed E-state index contributed by atoms with van der Waals surface area (Å²) >= 11 is 0. The lowest BCUT2D eigenvalue weighted by molar-refractivity contribution is 0.578. The average Bonchev–Trinajstić information content (AvgIpc) is 4.00. The summed E-state index contributed by atoms with van der Waals surface area (Å²) in [5, 5.41) is 11.6. The molecule has 0 fully saturated rings. The van der Waals surface area contributed by atoms with Crippen LogP contribution >= 0.6 is 0 Å². The third-order valence-electron chi connectivity index (χ3n) is 11.4. The van der Waals surface area contributed by atoms with E-state index in [1.165, 1.54) is 43.7 Å². The number of hydrogen-bond donors (Lipinski definition) is 0. The molecule has 0 unspecified atom stereocenters. The maximum atomic E-state index is 6.74. The Kier molecular flexibility index (Phi) is 5.55. The van der Waals surface area contributed by atoms with Crippen LogP contribution in [0.25, 0.3) is 122 Å². The number of allylic oxidation sites excluding steroid dienone is 1. The van der Waals surface area contributed by atoms with Gasteiger partial charge in [0.05, 0.1) is 27.6 Å². The van der Waals surface area contributed by atoms with Crippen molar-refractivity contribution in [3.8, 4) is 16.8 Å². The predicted molar refractivity (Wildman–Crippen MR) is 222 cm³/mol. The molecular formula is C49H30N2O2. The van der Waals surface area contributed by atoms with Gasteiger partial charge in [-0.25, -0.2) is 0 Å². The first-order valence-corrected chi connectivity index (χ1v) is 18.1. The highest BCUT2D eigenvalue weighted by atomic mass is 16.3. The second-order valence-corrected chi connectivity index (χ2v) is 14.0. The lowest BCUT2D eigenvalue weighted by Gasteiger charge is -2.10. The summed E-state index contributed by atoms with van der Waals surface area (Å²) in [6.45, 7) is 6.02. The van der Waals surface area contributed by atoms with Crippen LogP contribution in [0.2, 0.25) is 0 Å². The van der Waals surface area contributed by atoms with Gasteiger partial charge in [-0.1, -0.05) is 97.6 Å². The second kappa shape index (κ2) is 10.3. The van der Waals surface area contributed by atoms with Crippen LogP contribution in [-0.4, -0.2) is 8.97 Å². The third-order valence-corrected chi connectivity index (χ3v) is 11.4. The molecule has 0 aliphatic rings. The number of fused-ring (bicyclic) bond motifs is 15. The molecule has 0 aliphatic carbocycles. The van der Waals surface area contributed by atoms with Crippen LogP contribution in [0.15, 0.2) is 155 Å². The Morgan fingerprint density at radius 3 is 1.75 bits per heavy atom. The Morgan fingerprint density at radius 1 is 0.509 bits per heavy atom. The first kappa shape index (κ1) is 28.6. The van der Waals surface area contributed by atoms with Gasteiger partial charge in [-0.15, -0.1) is 0 Å². The van der Waals surface area contributed by atoms with E-state index in [2.05, 4.69) is 156 Å². The van der Waals surface area contributed by atoms with E-state index in [1.807, 2.05) is 12.1 Å². The van der Waals surface area contributed by atoms with Crippen molar-refractivity contribution in [1.82, 2.24) is 8.97 Å². The molecule has 53 heavy (non-hydrogen) atoms. The van der Waals surface area contributed by atoms with Crippen molar-refractivity contribution >= 4 is 105 Å². The van der Waals surface area contributed by atoms with E-state index in [0.29, 0.717) is 0 Å². The molecule has 4 nitrogen and oxygen atoms in total. The van der Waals surface area contributed by atoms with Crippen LogP contribution in [-0.2, 0) is 0 Å². The highest BCUT2D eigenvalue weighted by Crippen LogP contribution is 2.46. The van der Waals surface area contributed by atoms with Gasteiger partial charge >= 0.3 is 0 Å². The Balaban J connectivity index is 1.17. The molecule has 4 heteroatoms. The van der Waals surface area contributed by atoms with E-state index in [9.17, 15) is 0 Å². The van der Waals surface area contributed by atoms with E-state index >= 15 is 0 Å². The van der Waals surface area contributed by atoms with E-state index in [1.54, 1.807) is 6.08 Å². The van der Waals surface area contributed by atoms with E-state index in [0.717, 1.165) is 76.6 Å². The molecule has 0 saturated heterocycles. The SMILES string of the molecule is C=C/C=c1/oc2c(ccc3c4cc(-c5ccc(-n6c7ccccc7c7ccccc76)cc5)cc5c6ccc7c8ccccc8oc7c6n(c45)c32)/c1=C/C. The summed E-state index contributed by atoms with van der Waals surface area (Å²) in [6, 6.07) is 48.3. The van der Waals surface area contributed by atoms with Gasteiger partial charge in [-0.2, -0.15) is 0 Å². The largest absolute Gasteiger partial charge is 0.454 e. The Morgan fingerprint density at radius 2 is 1.09 bits per heavy atom. The minimum Gasteiger partial charge on any atom is -0.454 e. The first-order valence-electron chi connectivity index (χ1n) is 18.1. The molecule has 0 atom stereocenters. The standard InChI is InChI=1S/C49H30N2O2/c1-3-11-43-31(4-2)37-24-22-35-39-26-29(28-18-20-30(21-19-28)50-41-15-8-5-12-32(41)33-13-6-9-16-42(33)50)27-40-36-23-25-38-34-14-7-10-17-44(34)53-49(38)47(36)51(45(39)40)46(35)48(37)52-43/h3-27H,1H2,2H3/b31-4-,43-11+. The number of rotatable bonds is 3. The van der Waals surface area contributed by atoms with Gasteiger partial charge in [0, 0.05) is 59.4 Å². The smallest absolute Gasteiger partial charge is 0.160 e. The second-order valence-electron chi connectivity index (χ2n) is 14.0. The van der Waals surface area contributed by atoms with Crippen LogP contribution in [0.1, 0.15) is 6.92 Å². The zero-order valence-corrected chi connectivity index (χ0v) is 28.9. The summed E-state index contributed by atoms with van der Waals surface area (Å²) in [7, 11) is 0. The maximum Gasteiger partial charge on any atom is 0.160 e. The number of hydrogen-bond acceptors (Lipinski definition) is 2. The number of nitrogens with zero attached hydrogens (tertiary/aromatic N) is 2. The van der Waals surface area contributed by atoms with E-state index in [-0.39, 0.29) is 0 Å². The lowest BCUT2D eigenvalue weighted by atomic mass is 9.98. The zero-order valence-electron chi connectivity index (χ0n) is 28.9. The molecule has 0 bridgehead atoms. The maximum absolute atomic E-state index is 6.74. The Bertz CT molecular complexity index is 3590. The average molecular weight is 679 g/mol. The predicted octanol–water partition coefficient (Wildman–Crippen LogP) is 12.0. The van der Waals surface area contributed by atoms with E-state index < -0.39 is 0 Å². The summed E-state index contributed by atoms with van der Waals surface area (Å²) in [6.07, 6.45) is 5.86. The van der Waals surface area contributed by atoms with Gasteiger partial charge in [0.1, 0.15) is 11.0 Å². The summed E-state index contributed by atoms with van der Waals surface area (Å²) in [5.41, 5.74) is 12.6. The molecule has 0 spiro atoms. The quantitative estimate of drug-likeness (QED) is 0.186. The molecule has 5 aromatic heterocycles. The molecule has 0 N–H and O–H groups in total. The monoisotopic (exact) mass is 678 g/mol. The number of para-hydroxylation sites is 3. The molecular weight excluding hydrogens is 649 g/mol. The van der Waals surface area contributed by atoms with Crippen LogP contribution in [0.3, 0.4) is 0 Å². The minimum atomic E-state index is 0.812. The van der Waals surface area contributed by atoms with Crippen molar-refractivity contribution in [3.05, 3.63) is 157 Å². The van der Waals surface area contributed by atoms with Crippen molar-refractivity contribution < 1.29 is 8.83 Å². The molecule has 0 radical (unpaired) electrons. The highest BCUT2D eigenvalue weighted by Gasteiger charge is 2.25. The fourth-order valence-electron chi connectivity index (χ4n) is 9.16. The van der Waals surface area contributed by atoms with Gasteiger partial charge in [-0.05, 0) is 78.7 Å². The Hall–Kier alpha value is -7.04. The molecule has 5 heterocycles. The molecule has 0 amide bonds. The first-order chi connectivity index (χ1) is 26.2. The van der Waals surface area contributed by atoms with Crippen molar-refractivity contribution in [1.29, 1.82) is 0 Å². The lowest BCUT2D eigenvalue weighted by Crippen LogP contribution is -2.18. The molecule has 0 aliphatic heterocycles. The topological polar surface area (TPSA) is 35.6 Å². The van der Waals surface area contributed by atoms with Gasteiger partial charge in [0.2, 0.25) is 0 Å². The molecule has 0 saturated carbocycles. The fraction of sp³-hybridized carbons (Fsp3) is 0.0204. The molecule has 7 aromatic carbocycles. The van der Waals surface area contributed by atoms with Crippen LogP contribution in [0.4, 0.5) is 0 Å². The fourth-order valence-corrected chi connectivity index (χ4v) is 9.16. The summed E-state index contributed by atoms with van der Waals surface area (Å²) in [5.74, 6) is 0. The molecule has 12 rings (SSSR count). The normalized spacial score (nSPS) is 13.3. The Labute approximate surface area is 302 Å². The summed E-state index contributed by atoms with van der Waals surface area (Å²) in [4.78, 5) is 0. The third kappa shape index (κ3) is 3.64. The van der Waals surface area contributed by atoms with Crippen molar-refractivity contribution in [3.63, 3.8) is 0 Å². The number of benzene rings is 7. The highest BCUT2D eigenvalue weighted by molar-refractivity contribution is 6.31. The van der Waals surface area contributed by atoms with Gasteiger partial charge in [0.25, 0.3) is 0 Å². The van der Waals surface area contributed by atoms with Gasteiger partial charge < -0.3 is 17.8 Å². The summed E-state index contributed by atoms with van der Waals surface area (Å²) < 4.78 is 18.2. The van der Waals surface area contributed by atoms with E-state index in [4.69, 9.17) is 8.83 Å². The van der Waals surface area contributed by atoms with Crippen LogP contribution in [0, 0.1) is 0 Å². The zero-order chi connectivity index (χ0) is 34.9.